The Morgan fingerprint density at radius 3 is 2.50 bits per heavy atom. The topological polar surface area (TPSA) is 46.5 Å². The molecule has 16 heavy (non-hydrogen) atoms. The van der Waals surface area contributed by atoms with E-state index in [0.29, 0.717) is 0 Å². The van der Waals surface area contributed by atoms with Crippen LogP contribution in [0.4, 0.5) is 0 Å². The van der Waals surface area contributed by atoms with Gasteiger partial charge in [-0.3, -0.25) is 4.79 Å². The summed E-state index contributed by atoms with van der Waals surface area (Å²) in [6.45, 7) is 3.65. The van der Waals surface area contributed by atoms with Gasteiger partial charge in [0.1, 0.15) is 11.4 Å². The van der Waals surface area contributed by atoms with Crippen molar-refractivity contribution in [2.24, 2.45) is 0 Å². The average molecular weight is 238 g/mol. The summed E-state index contributed by atoms with van der Waals surface area (Å²) in [6, 6.07) is 9.18. The zero-order valence-corrected chi connectivity index (χ0v) is 10.0. The molecule has 86 valence electrons. The Balaban J connectivity index is 2.18. The van der Waals surface area contributed by atoms with Crippen LogP contribution < -0.4 is 0 Å². The first-order chi connectivity index (χ1) is 7.49. The van der Waals surface area contributed by atoms with Crippen molar-refractivity contribution in [1.29, 1.82) is 0 Å². The van der Waals surface area contributed by atoms with E-state index in [1.165, 1.54) is 11.8 Å². The van der Waals surface area contributed by atoms with Gasteiger partial charge in [0.2, 0.25) is 0 Å². The maximum Gasteiger partial charge on any atom is 0.323 e. The second-order valence-electron chi connectivity index (χ2n) is 4.21. The Morgan fingerprint density at radius 1 is 1.38 bits per heavy atom. The molecule has 1 saturated heterocycles. The number of aliphatic hydroxyl groups excluding tert-OH is 1. The van der Waals surface area contributed by atoms with E-state index in [4.69, 9.17) is 4.74 Å². The maximum atomic E-state index is 11.6. The van der Waals surface area contributed by atoms with Crippen molar-refractivity contribution in [3.8, 4) is 0 Å². The summed E-state index contributed by atoms with van der Waals surface area (Å²) in [5.74, 6) is -0.341. The van der Waals surface area contributed by atoms with Gasteiger partial charge in [-0.15, -0.1) is 0 Å². The van der Waals surface area contributed by atoms with Gasteiger partial charge in [-0.25, -0.2) is 0 Å². The summed E-state index contributed by atoms with van der Waals surface area (Å²) in [5, 5.41) is 9.57. The molecule has 2 atom stereocenters. The van der Waals surface area contributed by atoms with Crippen LogP contribution in [-0.4, -0.2) is 21.3 Å². The van der Waals surface area contributed by atoms with Crippen LogP contribution in [0, 0.1) is 0 Å². The zero-order chi connectivity index (χ0) is 11.8. The Morgan fingerprint density at radius 2 is 2.00 bits per heavy atom. The van der Waals surface area contributed by atoms with Crippen LogP contribution in [0.2, 0.25) is 0 Å². The second kappa shape index (κ2) is 4.11. The molecule has 0 aliphatic carbocycles. The Hall–Kier alpha value is -1.00. The minimum absolute atomic E-state index is 0.341. The van der Waals surface area contributed by atoms with Gasteiger partial charge in [-0.2, -0.15) is 0 Å². The molecule has 1 aromatic rings. The van der Waals surface area contributed by atoms with Gasteiger partial charge in [0.25, 0.3) is 0 Å². The molecule has 0 radical (unpaired) electrons. The lowest BCUT2D eigenvalue weighted by Gasteiger charge is -2.16. The first-order valence-electron chi connectivity index (χ1n) is 5.13. The number of cyclic esters (lactones) is 1. The van der Waals surface area contributed by atoms with Crippen molar-refractivity contribution in [3.05, 3.63) is 35.9 Å². The van der Waals surface area contributed by atoms with Crippen LogP contribution in [-0.2, 0) is 9.53 Å². The van der Waals surface area contributed by atoms with Crippen molar-refractivity contribution in [2.45, 2.75) is 30.1 Å². The predicted octanol–water partition coefficient (Wildman–Crippen LogP) is 2.11. The fourth-order valence-corrected chi connectivity index (χ4v) is 2.87. The van der Waals surface area contributed by atoms with Crippen molar-refractivity contribution in [3.63, 3.8) is 0 Å². The Labute approximate surface area is 98.8 Å². The Kier molecular flexibility index (Phi) is 2.95. The molecule has 2 rings (SSSR count). The van der Waals surface area contributed by atoms with E-state index in [1.54, 1.807) is 0 Å². The number of thioether (sulfide) groups is 1. The maximum absolute atomic E-state index is 11.6. The fourth-order valence-electron chi connectivity index (χ4n) is 1.70. The molecule has 0 aromatic heterocycles. The standard InChI is InChI=1S/C12H14O3S/c1-12(2)15-11(14)10(16-12)9(13)8-6-4-3-5-7-8/h3-7,9-10,13H,1-2H3. The SMILES string of the molecule is CC1(C)OC(=O)C(C(O)c2ccccc2)S1. The molecule has 3 nitrogen and oxygen atoms in total. The van der Waals surface area contributed by atoms with E-state index in [0.717, 1.165) is 5.56 Å². The van der Waals surface area contributed by atoms with Crippen LogP contribution in [0.5, 0.6) is 0 Å². The molecule has 0 bridgehead atoms. The lowest BCUT2D eigenvalue weighted by atomic mass is 10.1. The number of carbonyl (C=O) groups excluding carboxylic acids is 1. The largest absolute Gasteiger partial charge is 0.448 e. The molecular formula is C12H14O3S. The highest BCUT2D eigenvalue weighted by atomic mass is 32.2. The van der Waals surface area contributed by atoms with Gasteiger partial charge >= 0.3 is 5.97 Å². The third-order valence-corrected chi connectivity index (χ3v) is 3.77. The van der Waals surface area contributed by atoms with Gasteiger partial charge < -0.3 is 9.84 Å². The highest BCUT2D eigenvalue weighted by molar-refractivity contribution is 8.02. The predicted molar refractivity (Wildman–Crippen MR) is 63.0 cm³/mol. The van der Waals surface area contributed by atoms with E-state index >= 15 is 0 Å². The van der Waals surface area contributed by atoms with Gasteiger partial charge in [0.15, 0.2) is 4.93 Å². The molecular weight excluding hydrogens is 224 g/mol. The zero-order valence-electron chi connectivity index (χ0n) is 9.21. The molecule has 1 fully saturated rings. The minimum Gasteiger partial charge on any atom is -0.448 e. The van der Waals surface area contributed by atoms with Gasteiger partial charge in [-0.1, -0.05) is 42.1 Å². The van der Waals surface area contributed by atoms with Crippen molar-refractivity contribution in [1.82, 2.24) is 0 Å². The normalized spacial score (nSPS) is 25.2. The molecule has 1 aromatic carbocycles. The smallest absolute Gasteiger partial charge is 0.323 e. The molecule has 2 unspecified atom stereocenters. The summed E-state index contributed by atoms with van der Waals surface area (Å²) in [7, 11) is 0. The summed E-state index contributed by atoms with van der Waals surface area (Å²) in [5.41, 5.74) is 0.745. The summed E-state index contributed by atoms with van der Waals surface area (Å²) in [6.07, 6.45) is -0.805. The van der Waals surface area contributed by atoms with E-state index in [-0.39, 0.29) is 5.97 Å². The van der Waals surface area contributed by atoms with Gasteiger partial charge in [-0.05, 0) is 19.4 Å². The number of aliphatic hydroxyl groups is 1. The molecule has 0 amide bonds. The molecule has 1 aliphatic rings. The summed E-state index contributed by atoms with van der Waals surface area (Å²) < 4.78 is 5.17. The summed E-state index contributed by atoms with van der Waals surface area (Å²) >= 11 is 1.36. The quantitative estimate of drug-likeness (QED) is 0.802. The van der Waals surface area contributed by atoms with Gasteiger partial charge in [0, 0.05) is 0 Å². The first-order valence-corrected chi connectivity index (χ1v) is 6.01. The number of carbonyl (C=O) groups is 1. The van der Waals surface area contributed by atoms with Crippen LogP contribution in [0.3, 0.4) is 0 Å². The van der Waals surface area contributed by atoms with E-state index in [2.05, 4.69) is 0 Å². The number of hydrogen-bond acceptors (Lipinski definition) is 4. The van der Waals surface area contributed by atoms with Crippen molar-refractivity contribution < 1.29 is 14.6 Å². The number of hydrogen-bond donors (Lipinski definition) is 1. The van der Waals surface area contributed by atoms with Crippen LogP contribution in [0.25, 0.3) is 0 Å². The summed E-state index contributed by atoms with van der Waals surface area (Å²) in [4.78, 5) is 11.1. The van der Waals surface area contributed by atoms with Gasteiger partial charge in [0.05, 0.1) is 0 Å². The highest BCUT2D eigenvalue weighted by Gasteiger charge is 2.44. The van der Waals surface area contributed by atoms with Crippen LogP contribution in [0.1, 0.15) is 25.5 Å². The Bertz CT molecular complexity index is 389. The number of ether oxygens (including phenoxy) is 1. The lowest BCUT2D eigenvalue weighted by Crippen LogP contribution is -2.21. The third kappa shape index (κ3) is 2.23. The van der Waals surface area contributed by atoms with Crippen LogP contribution in [0.15, 0.2) is 30.3 Å². The lowest BCUT2D eigenvalue weighted by molar-refractivity contribution is -0.147. The van der Waals surface area contributed by atoms with E-state index in [1.807, 2.05) is 44.2 Å². The van der Waals surface area contributed by atoms with Crippen molar-refractivity contribution >= 4 is 17.7 Å². The first kappa shape index (κ1) is 11.5. The molecule has 1 aliphatic heterocycles. The van der Waals surface area contributed by atoms with E-state index in [9.17, 15) is 9.90 Å². The third-order valence-electron chi connectivity index (χ3n) is 2.42. The van der Waals surface area contributed by atoms with Crippen molar-refractivity contribution in [2.75, 3.05) is 0 Å². The minimum atomic E-state index is -0.805. The van der Waals surface area contributed by atoms with E-state index < -0.39 is 16.3 Å². The second-order valence-corrected chi connectivity index (χ2v) is 5.94. The van der Waals surface area contributed by atoms with Crippen LogP contribution >= 0.6 is 11.8 Å². The highest BCUT2D eigenvalue weighted by Crippen LogP contribution is 2.43. The fraction of sp³-hybridized carbons (Fsp3) is 0.417. The molecule has 1 heterocycles. The number of esters is 1. The molecule has 1 N–H and O–H groups in total. The average Bonchev–Trinajstić information content (AvgIpc) is 2.52. The molecule has 0 spiro atoms. The molecule has 0 saturated carbocycles. The monoisotopic (exact) mass is 238 g/mol. The number of benzene rings is 1. The molecule has 4 heteroatoms. The number of rotatable bonds is 2.